The van der Waals surface area contributed by atoms with E-state index in [0.717, 1.165) is 6.42 Å². The molecular formula is C25H24FN3O7. The molecule has 3 aromatic rings. The van der Waals surface area contributed by atoms with Crippen molar-refractivity contribution in [2.45, 2.75) is 20.3 Å². The third-order valence-corrected chi connectivity index (χ3v) is 4.63. The van der Waals surface area contributed by atoms with Crippen LogP contribution in [0.4, 0.5) is 4.39 Å². The van der Waals surface area contributed by atoms with E-state index in [2.05, 4.69) is 16.0 Å². The average Bonchev–Trinajstić information content (AvgIpc) is 3.35. The van der Waals surface area contributed by atoms with Crippen molar-refractivity contribution in [1.29, 1.82) is 0 Å². The van der Waals surface area contributed by atoms with E-state index in [-0.39, 0.29) is 46.5 Å². The fourth-order valence-corrected chi connectivity index (χ4v) is 2.88. The van der Waals surface area contributed by atoms with Crippen LogP contribution in [0.15, 0.2) is 59.3 Å². The first-order chi connectivity index (χ1) is 17.3. The number of carbonyl (C=O) groups is 3. The van der Waals surface area contributed by atoms with E-state index >= 15 is 0 Å². The van der Waals surface area contributed by atoms with Crippen molar-refractivity contribution >= 4 is 23.4 Å². The summed E-state index contributed by atoms with van der Waals surface area (Å²) in [7, 11) is 0. The number of rotatable bonds is 12. The van der Waals surface area contributed by atoms with Crippen molar-refractivity contribution in [3.63, 3.8) is 0 Å². The number of halogens is 1. The molecule has 0 radical (unpaired) electrons. The highest BCUT2D eigenvalue weighted by atomic mass is 19.1. The number of nitrogens with zero attached hydrogens (tertiary/aromatic N) is 1. The Hall–Kier alpha value is -4.51. The number of aromatic nitrogens is 1. The minimum Gasteiger partial charge on any atom is -0.478 e. The van der Waals surface area contributed by atoms with Gasteiger partial charge in [-0.3, -0.25) is 19.9 Å². The molecule has 0 atom stereocenters. The molecule has 1 aromatic heterocycles. The largest absolute Gasteiger partial charge is 0.478 e. The van der Waals surface area contributed by atoms with Gasteiger partial charge < -0.3 is 19.7 Å². The third-order valence-electron chi connectivity index (χ3n) is 4.63. The monoisotopic (exact) mass is 497 g/mol. The van der Waals surface area contributed by atoms with E-state index < -0.39 is 11.9 Å². The Morgan fingerprint density at radius 1 is 1.11 bits per heavy atom. The molecule has 0 spiro atoms. The van der Waals surface area contributed by atoms with Gasteiger partial charge in [-0.05, 0) is 55.8 Å². The normalized spacial score (nSPS) is 11.1. The maximum atomic E-state index is 13.2. The summed E-state index contributed by atoms with van der Waals surface area (Å²) < 4.78 is 24.3. The maximum Gasteiger partial charge on any atom is 0.335 e. The minimum atomic E-state index is -1.27. The van der Waals surface area contributed by atoms with Crippen molar-refractivity contribution in [1.82, 2.24) is 16.0 Å². The second-order valence-corrected chi connectivity index (χ2v) is 7.62. The molecule has 0 fully saturated rings. The van der Waals surface area contributed by atoms with Gasteiger partial charge in [0.1, 0.15) is 35.0 Å². The molecule has 0 aliphatic heterocycles. The van der Waals surface area contributed by atoms with E-state index in [1.165, 1.54) is 43.5 Å². The lowest BCUT2D eigenvalue weighted by atomic mass is 10.1. The summed E-state index contributed by atoms with van der Waals surface area (Å²) in [5.41, 5.74) is 3.77. The van der Waals surface area contributed by atoms with E-state index in [9.17, 15) is 23.9 Å². The summed E-state index contributed by atoms with van der Waals surface area (Å²) in [5, 5.41) is 15.8. The first-order valence-electron chi connectivity index (χ1n) is 10.9. The lowest BCUT2D eigenvalue weighted by molar-refractivity contribution is -0.116. The van der Waals surface area contributed by atoms with Crippen molar-refractivity contribution in [3.05, 3.63) is 77.5 Å². The van der Waals surface area contributed by atoms with Crippen LogP contribution in [-0.2, 0) is 9.63 Å². The number of carbonyl (C=O) groups excluding carboxylic acids is 2. The number of hydrogen-bond donors (Lipinski definition) is 3. The summed E-state index contributed by atoms with van der Waals surface area (Å²) in [6.07, 6.45) is 1.93. The van der Waals surface area contributed by atoms with Gasteiger partial charge in [-0.2, -0.15) is 0 Å². The van der Waals surface area contributed by atoms with Gasteiger partial charge in [-0.15, -0.1) is 0 Å². The van der Waals surface area contributed by atoms with Gasteiger partial charge in [-0.1, -0.05) is 12.1 Å². The molecule has 0 saturated heterocycles. The topological polar surface area (TPSA) is 140 Å². The minimum absolute atomic E-state index is 0.00504. The quantitative estimate of drug-likeness (QED) is 0.194. The van der Waals surface area contributed by atoms with E-state index in [1.807, 2.05) is 6.92 Å². The highest BCUT2D eigenvalue weighted by molar-refractivity contribution is 5.99. The predicted octanol–water partition coefficient (Wildman–Crippen LogP) is 3.81. The maximum absolute atomic E-state index is 13.2. The van der Waals surface area contributed by atoms with Crippen molar-refractivity contribution < 1.29 is 38.0 Å². The highest BCUT2D eigenvalue weighted by Crippen LogP contribution is 2.24. The van der Waals surface area contributed by atoms with Gasteiger partial charge in [-0.25, -0.2) is 9.18 Å². The van der Waals surface area contributed by atoms with Crippen LogP contribution < -0.4 is 15.5 Å². The van der Waals surface area contributed by atoms with Crippen LogP contribution in [0.3, 0.4) is 0 Å². The summed E-state index contributed by atoms with van der Waals surface area (Å²) in [4.78, 5) is 40.4. The number of Topliss-reactive ketones (excluding diaryl/α,β-unsaturated/α-hetero) is 1. The molecule has 1 heterocycles. The van der Waals surface area contributed by atoms with Gasteiger partial charge in [0, 0.05) is 17.2 Å². The second kappa shape index (κ2) is 12.3. The van der Waals surface area contributed by atoms with E-state index in [0.29, 0.717) is 17.9 Å². The second-order valence-electron chi connectivity index (χ2n) is 7.62. The van der Waals surface area contributed by atoms with E-state index in [1.54, 1.807) is 18.2 Å². The lowest BCUT2D eigenvalue weighted by Gasteiger charge is -2.10. The smallest absolute Gasteiger partial charge is 0.335 e. The van der Waals surface area contributed by atoms with Gasteiger partial charge >= 0.3 is 5.97 Å². The summed E-state index contributed by atoms with van der Waals surface area (Å²) in [6, 6.07) is 11.0. The van der Waals surface area contributed by atoms with Crippen molar-refractivity contribution in [2.24, 2.45) is 0 Å². The number of ether oxygens (including phenoxy) is 1. The molecule has 188 valence electrons. The number of carboxylic acid groups (broad SMARTS) is 1. The molecule has 0 aliphatic carbocycles. The molecule has 0 unspecified atom stereocenters. The molecule has 3 rings (SSSR count). The number of ketones is 1. The van der Waals surface area contributed by atoms with Crippen LogP contribution in [-0.4, -0.2) is 41.1 Å². The Labute approximate surface area is 205 Å². The Bertz CT molecular complexity index is 1270. The molecule has 11 heteroatoms. The standard InChI is InChI=1S/C25H24FN3O7/c1-3-8-35-28-22(23-12-21(29-36-23)16-4-6-19(26)7-5-16)14-34-20-10-17(9-18(11-20)25(32)33)24(31)27-13-15(2)30/h4-7,9-12,14,28H,3,8,13H2,1-2H3,(H,27,31)(H,32,33). The molecule has 0 saturated carbocycles. The van der Waals surface area contributed by atoms with Gasteiger partial charge in [0.2, 0.25) is 0 Å². The first-order valence-corrected chi connectivity index (χ1v) is 10.9. The highest BCUT2D eigenvalue weighted by Gasteiger charge is 2.15. The fourth-order valence-electron chi connectivity index (χ4n) is 2.88. The fraction of sp³-hybridized carbons (Fsp3) is 0.200. The molecule has 1 amide bonds. The van der Waals surface area contributed by atoms with E-state index in [4.69, 9.17) is 14.1 Å². The summed E-state index contributed by atoms with van der Waals surface area (Å²) in [6.45, 7) is 3.40. The molecule has 3 N–H and O–H groups in total. The zero-order chi connectivity index (χ0) is 26.1. The van der Waals surface area contributed by atoms with Crippen LogP contribution in [0.1, 0.15) is 46.7 Å². The molecule has 10 nitrogen and oxygen atoms in total. The third kappa shape index (κ3) is 7.24. The molecule has 0 aliphatic rings. The summed E-state index contributed by atoms with van der Waals surface area (Å²) in [5.74, 6) is -2.29. The number of hydrogen-bond acceptors (Lipinski definition) is 8. The average molecular weight is 497 g/mol. The Kier molecular flexibility index (Phi) is 8.89. The van der Waals surface area contributed by atoms with Crippen LogP contribution in [0.25, 0.3) is 17.0 Å². The van der Waals surface area contributed by atoms with Crippen LogP contribution in [0.5, 0.6) is 5.75 Å². The zero-order valence-electron chi connectivity index (χ0n) is 19.5. The van der Waals surface area contributed by atoms with Crippen LogP contribution >= 0.6 is 0 Å². The molecule has 2 aromatic carbocycles. The van der Waals surface area contributed by atoms with Crippen molar-refractivity contribution in [2.75, 3.05) is 13.2 Å². The lowest BCUT2D eigenvalue weighted by Crippen LogP contribution is -2.28. The molecule has 0 bridgehead atoms. The number of hydroxylamine groups is 1. The van der Waals surface area contributed by atoms with Crippen LogP contribution in [0, 0.1) is 5.82 Å². The Balaban J connectivity index is 1.89. The predicted molar refractivity (Wildman–Crippen MR) is 126 cm³/mol. The molecular weight excluding hydrogens is 473 g/mol. The number of aromatic carboxylic acids is 1. The van der Waals surface area contributed by atoms with Gasteiger partial charge in [0.05, 0.1) is 18.7 Å². The Morgan fingerprint density at radius 2 is 1.83 bits per heavy atom. The van der Waals surface area contributed by atoms with Crippen LogP contribution in [0.2, 0.25) is 0 Å². The number of amides is 1. The van der Waals surface area contributed by atoms with Crippen molar-refractivity contribution in [3.8, 4) is 17.0 Å². The van der Waals surface area contributed by atoms with Gasteiger partial charge in [0.15, 0.2) is 5.76 Å². The number of carboxylic acids is 1. The summed E-state index contributed by atoms with van der Waals surface area (Å²) >= 11 is 0. The zero-order valence-corrected chi connectivity index (χ0v) is 19.5. The first kappa shape index (κ1) is 26.1. The van der Waals surface area contributed by atoms with Gasteiger partial charge in [0.25, 0.3) is 5.91 Å². The number of benzene rings is 2. The SMILES string of the molecule is CCCONC(=COc1cc(C(=O)O)cc(C(=O)NCC(C)=O)c1)c1cc(-c2ccc(F)cc2)no1. The Morgan fingerprint density at radius 3 is 2.50 bits per heavy atom. The molecule has 36 heavy (non-hydrogen) atoms. The number of nitrogens with one attached hydrogen (secondary N) is 2.